The van der Waals surface area contributed by atoms with Gasteiger partial charge in [-0.05, 0) is 45.8 Å². The Kier molecular flexibility index (Phi) is 5.32. The van der Waals surface area contributed by atoms with Crippen LogP contribution >= 0.6 is 50.9 Å². The second kappa shape index (κ2) is 7.60. The lowest BCUT2D eigenvalue weighted by molar-refractivity contribution is 0.601. The minimum Gasteiger partial charge on any atom is -0.265 e. The molecule has 0 bridgehead atoms. The molecule has 7 nitrogen and oxygen atoms in total. The van der Waals surface area contributed by atoms with Crippen LogP contribution in [-0.2, 0) is 16.6 Å². The number of halogens is 3. The van der Waals surface area contributed by atoms with Gasteiger partial charge in [0.1, 0.15) is 15.9 Å². The van der Waals surface area contributed by atoms with Crippen LogP contribution in [0.2, 0.25) is 10.0 Å². The summed E-state index contributed by atoms with van der Waals surface area (Å²) in [5.41, 5.74) is 1.65. The molecule has 0 amide bonds. The van der Waals surface area contributed by atoms with Crippen LogP contribution in [0.15, 0.2) is 52.0 Å². The zero-order valence-electron chi connectivity index (χ0n) is 13.8. The minimum atomic E-state index is -3.90. The molecule has 2 aromatic heterocycles. The summed E-state index contributed by atoms with van der Waals surface area (Å²) in [5, 5.41) is 5.34. The van der Waals surface area contributed by atoms with Crippen molar-refractivity contribution in [2.45, 2.75) is 11.4 Å². The summed E-state index contributed by atoms with van der Waals surface area (Å²) in [4.78, 5) is 0.0425. The first-order valence-electron chi connectivity index (χ1n) is 7.74. The van der Waals surface area contributed by atoms with Gasteiger partial charge in [0.05, 0.1) is 22.7 Å². The number of benzene rings is 2. The number of fused-ring (bicyclic) bond motifs is 1. The molecule has 0 fully saturated rings. The van der Waals surface area contributed by atoms with E-state index >= 15 is 0 Å². The lowest BCUT2D eigenvalue weighted by Gasteiger charge is -2.07. The lowest BCUT2D eigenvalue weighted by atomic mass is 10.2. The predicted molar refractivity (Wildman–Crippen MR) is 114 cm³/mol. The molecule has 0 radical (unpaired) electrons. The number of rotatable bonds is 5. The van der Waals surface area contributed by atoms with Crippen LogP contribution in [0.5, 0.6) is 0 Å². The first-order chi connectivity index (χ1) is 13.3. The first kappa shape index (κ1) is 19.6. The van der Waals surface area contributed by atoms with E-state index in [-0.39, 0.29) is 10.7 Å². The van der Waals surface area contributed by atoms with Crippen molar-refractivity contribution in [2.24, 2.45) is 0 Å². The van der Waals surface area contributed by atoms with Crippen molar-refractivity contribution < 1.29 is 8.42 Å². The van der Waals surface area contributed by atoms with Crippen LogP contribution in [0.4, 0.5) is 5.82 Å². The molecule has 0 aliphatic heterocycles. The number of hydrogen-bond acceptors (Lipinski definition) is 6. The van der Waals surface area contributed by atoms with E-state index in [1.54, 1.807) is 41.2 Å². The standard InChI is InChI=1S/C16H10BrCl2N5O2S2/c17-11-8-24(7-9-4-5-10(18)6-12(9)19)20-16(11)23-28(25,26)14-3-1-2-13-15(14)22-27-21-13/h1-6,8H,7H2,(H,20,23). The van der Waals surface area contributed by atoms with Gasteiger partial charge in [-0.15, -0.1) is 0 Å². The molecular formula is C16H10BrCl2N5O2S2. The average Bonchev–Trinajstić information content (AvgIpc) is 3.23. The van der Waals surface area contributed by atoms with Crippen LogP contribution in [0.3, 0.4) is 0 Å². The number of nitrogens with one attached hydrogen (secondary N) is 1. The van der Waals surface area contributed by atoms with Crippen LogP contribution in [0.25, 0.3) is 11.0 Å². The summed E-state index contributed by atoms with van der Waals surface area (Å²) in [7, 11) is -3.90. The molecule has 28 heavy (non-hydrogen) atoms. The molecule has 12 heteroatoms. The Hall–Kier alpha value is -1.72. The second-order valence-electron chi connectivity index (χ2n) is 5.75. The van der Waals surface area contributed by atoms with Gasteiger partial charge >= 0.3 is 0 Å². The van der Waals surface area contributed by atoms with Crippen LogP contribution in [0.1, 0.15) is 5.56 Å². The molecule has 2 aromatic carbocycles. The molecule has 144 valence electrons. The lowest BCUT2D eigenvalue weighted by Crippen LogP contribution is -2.14. The van der Waals surface area contributed by atoms with Crippen molar-refractivity contribution in [1.82, 2.24) is 18.5 Å². The number of nitrogens with zero attached hydrogens (tertiary/aromatic N) is 4. The van der Waals surface area contributed by atoms with E-state index in [0.717, 1.165) is 17.3 Å². The van der Waals surface area contributed by atoms with Crippen molar-refractivity contribution in [2.75, 3.05) is 4.72 Å². The largest absolute Gasteiger partial charge is 0.265 e. The number of anilines is 1. The fourth-order valence-electron chi connectivity index (χ4n) is 2.55. The first-order valence-corrected chi connectivity index (χ1v) is 11.5. The summed E-state index contributed by atoms with van der Waals surface area (Å²) >= 11 is 16.4. The Labute approximate surface area is 182 Å². The van der Waals surface area contributed by atoms with Crippen molar-refractivity contribution >= 4 is 77.7 Å². The highest BCUT2D eigenvalue weighted by atomic mass is 79.9. The van der Waals surface area contributed by atoms with Gasteiger partial charge in [-0.2, -0.15) is 13.8 Å². The SMILES string of the molecule is O=S(=O)(Nc1nn(Cc2ccc(Cl)cc2Cl)cc1Br)c1cccc2nsnc12. The second-order valence-corrected chi connectivity index (χ2v) is 9.63. The Morgan fingerprint density at radius 2 is 2.00 bits per heavy atom. The molecular weight excluding hydrogens is 509 g/mol. The molecule has 0 saturated heterocycles. The highest BCUT2D eigenvalue weighted by Gasteiger charge is 2.22. The summed E-state index contributed by atoms with van der Waals surface area (Å²) in [5.74, 6) is 0.158. The molecule has 1 N–H and O–H groups in total. The zero-order chi connectivity index (χ0) is 19.9. The predicted octanol–water partition coefficient (Wildman–Crippen LogP) is 4.81. The molecule has 0 aliphatic rings. The van der Waals surface area contributed by atoms with Gasteiger partial charge in [-0.25, -0.2) is 8.42 Å². The highest BCUT2D eigenvalue weighted by molar-refractivity contribution is 9.10. The molecule has 2 heterocycles. The Balaban J connectivity index is 1.63. The number of aromatic nitrogens is 4. The third-order valence-electron chi connectivity index (χ3n) is 3.83. The van der Waals surface area contributed by atoms with Gasteiger partial charge in [0.25, 0.3) is 10.0 Å². The smallest absolute Gasteiger partial charge is 0.265 e. The monoisotopic (exact) mass is 517 g/mol. The van der Waals surface area contributed by atoms with E-state index in [4.69, 9.17) is 23.2 Å². The van der Waals surface area contributed by atoms with Gasteiger partial charge in [-0.1, -0.05) is 35.3 Å². The molecule has 0 atom stereocenters. The summed E-state index contributed by atoms with van der Waals surface area (Å²) in [6.07, 6.45) is 1.66. The maximum absolute atomic E-state index is 12.8. The number of sulfonamides is 1. The van der Waals surface area contributed by atoms with E-state index in [9.17, 15) is 8.42 Å². The molecule has 0 unspecified atom stereocenters. The molecule has 0 aliphatic carbocycles. The van der Waals surface area contributed by atoms with E-state index < -0.39 is 10.0 Å². The average molecular weight is 519 g/mol. The number of hydrogen-bond donors (Lipinski definition) is 1. The van der Waals surface area contributed by atoms with E-state index in [0.29, 0.717) is 32.1 Å². The van der Waals surface area contributed by atoms with Crippen molar-refractivity contribution in [1.29, 1.82) is 0 Å². The maximum Gasteiger partial charge on any atom is 0.265 e. The minimum absolute atomic E-state index is 0.0425. The van der Waals surface area contributed by atoms with Gasteiger partial charge in [0.2, 0.25) is 0 Å². The fraction of sp³-hybridized carbons (Fsp3) is 0.0625. The van der Waals surface area contributed by atoms with Gasteiger partial charge in [-0.3, -0.25) is 9.40 Å². The zero-order valence-corrected chi connectivity index (χ0v) is 18.5. The molecule has 0 saturated carbocycles. The van der Waals surface area contributed by atoms with Gasteiger partial charge in [0.15, 0.2) is 5.82 Å². The third kappa shape index (κ3) is 3.87. The summed E-state index contributed by atoms with van der Waals surface area (Å²) in [6.45, 7) is 0.349. The van der Waals surface area contributed by atoms with E-state index in [2.05, 4.69) is 34.5 Å². The van der Waals surface area contributed by atoms with Crippen molar-refractivity contribution in [3.8, 4) is 0 Å². The summed E-state index contributed by atoms with van der Waals surface area (Å²) in [6, 6.07) is 9.97. The van der Waals surface area contributed by atoms with Crippen LogP contribution < -0.4 is 4.72 Å². The highest BCUT2D eigenvalue weighted by Crippen LogP contribution is 2.28. The van der Waals surface area contributed by atoms with E-state index in [1.165, 1.54) is 6.07 Å². The van der Waals surface area contributed by atoms with Gasteiger partial charge < -0.3 is 0 Å². The maximum atomic E-state index is 12.8. The molecule has 0 spiro atoms. The van der Waals surface area contributed by atoms with Crippen molar-refractivity contribution in [3.63, 3.8) is 0 Å². The third-order valence-corrected chi connectivity index (χ3v) is 6.91. The summed E-state index contributed by atoms with van der Waals surface area (Å²) < 4.78 is 38.4. The Morgan fingerprint density at radius 3 is 2.79 bits per heavy atom. The topological polar surface area (TPSA) is 89.8 Å². The Morgan fingerprint density at radius 1 is 1.18 bits per heavy atom. The van der Waals surface area contributed by atoms with Crippen molar-refractivity contribution in [3.05, 3.63) is 62.7 Å². The normalized spacial score (nSPS) is 11.8. The van der Waals surface area contributed by atoms with E-state index in [1.807, 2.05) is 0 Å². The van der Waals surface area contributed by atoms with Crippen LogP contribution in [-0.4, -0.2) is 26.9 Å². The molecule has 4 aromatic rings. The molecule has 4 rings (SSSR count). The van der Waals surface area contributed by atoms with Gasteiger partial charge in [0, 0.05) is 16.2 Å². The quantitative estimate of drug-likeness (QED) is 0.409. The Bertz CT molecular complexity index is 1290. The van der Waals surface area contributed by atoms with Crippen LogP contribution in [0, 0.1) is 0 Å². The fourth-order valence-corrected chi connectivity index (χ4v) is 5.35.